The molecule has 1 N–H and O–H groups in total. The van der Waals surface area contributed by atoms with Gasteiger partial charge >= 0.3 is 0 Å². The zero-order chi connectivity index (χ0) is 22.9. The van der Waals surface area contributed by atoms with Gasteiger partial charge < -0.3 is 19.2 Å². The van der Waals surface area contributed by atoms with Gasteiger partial charge in [0.05, 0.1) is 25.3 Å². The van der Waals surface area contributed by atoms with Crippen LogP contribution in [0.25, 0.3) is 11.0 Å². The average Bonchev–Trinajstić information content (AvgIpc) is 3.39. The predicted octanol–water partition coefficient (Wildman–Crippen LogP) is 5.22. The number of para-hydroxylation sites is 2. The normalized spacial score (nSPS) is 16.0. The van der Waals surface area contributed by atoms with Gasteiger partial charge in [-0.2, -0.15) is 0 Å². The molecule has 6 heteroatoms. The van der Waals surface area contributed by atoms with E-state index in [0.717, 1.165) is 10.9 Å². The second-order valence-corrected chi connectivity index (χ2v) is 7.80. The zero-order valence-corrected chi connectivity index (χ0v) is 17.9. The Bertz CT molecular complexity index is 1350. The van der Waals surface area contributed by atoms with Crippen molar-refractivity contribution in [1.82, 2.24) is 4.90 Å². The summed E-state index contributed by atoms with van der Waals surface area (Å²) in [5, 5.41) is 11.6. The van der Waals surface area contributed by atoms with Crippen LogP contribution < -0.4 is 4.74 Å². The van der Waals surface area contributed by atoms with Gasteiger partial charge in [-0.05, 0) is 23.8 Å². The van der Waals surface area contributed by atoms with Crippen molar-refractivity contribution in [3.05, 3.63) is 113 Å². The number of ether oxygens (including phenoxy) is 1. The number of carbonyl (C=O) groups is 2. The minimum Gasteiger partial charge on any atom is -0.503 e. The van der Waals surface area contributed by atoms with Crippen LogP contribution in [-0.2, 0) is 11.3 Å². The Labute approximate surface area is 190 Å². The van der Waals surface area contributed by atoms with E-state index in [2.05, 4.69) is 0 Å². The SMILES string of the molecule is COc1ccccc1CN1C(=O)C(O)=C(C(=O)c2cc3ccccc3o2)C1c1ccccc1. The van der Waals surface area contributed by atoms with Gasteiger partial charge in [-0.3, -0.25) is 9.59 Å². The molecule has 2 heterocycles. The van der Waals surface area contributed by atoms with Gasteiger partial charge in [0.25, 0.3) is 5.91 Å². The van der Waals surface area contributed by atoms with Gasteiger partial charge in [-0.15, -0.1) is 0 Å². The molecule has 5 rings (SSSR count). The molecule has 1 aromatic heterocycles. The summed E-state index contributed by atoms with van der Waals surface area (Å²) in [4.78, 5) is 28.3. The fraction of sp³-hybridized carbons (Fsp3) is 0.111. The Kier molecular flexibility index (Phi) is 5.18. The minimum absolute atomic E-state index is 0.000143. The number of benzene rings is 3. The van der Waals surface area contributed by atoms with Gasteiger partial charge in [0, 0.05) is 10.9 Å². The molecule has 6 nitrogen and oxygen atoms in total. The number of furan rings is 1. The topological polar surface area (TPSA) is 80.0 Å². The third-order valence-corrected chi connectivity index (χ3v) is 5.85. The van der Waals surface area contributed by atoms with Gasteiger partial charge in [0.2, 0.25) is 5.78 Å². The van der Waals surface area contributed by atoms with Gasteiger partial charge in [-0.1, -0.05) is 66.7 Å². The van der Waals surface area contributed by atoms with Crippen LogP contribution in [0.2, 0.25) is 0 Å². The van der Waals surface area contributed by atoms with Crippen LogP contribution in [-0.4, -0.2) is 28.8 Å². The number of hydrogen-bond acceptors (Lipinski definition) is 5. The fourth-order valence-corrected chi connectivity index (χ4v) is 4.27. The van der Waals surface area contributed by atoms with Crippen molar-refractivity contribution in [2.75, 3.05) is 7.11 Å². The van der Waals surface area contributed by atoms with E-state index in [1.165, 1.54) is 4.90 Å². The van der Waals surface area contributed by atoms with Crippen LogP contribution in [0.5, 0.6) is 5.75 Å². The van der Waals surface area contributed by atoms with Crippen LogP contribution >= 0.6 is 0 Å². The van der Waals surface area contributed by atoms with E-state index in [1.807, 2.05) is 66.7 Å². The smallest absolute Gasteiger partial charge is 0.290 e. The standard InChI is InChI=1S/C27H21NO5/c1-32-20-13-7-6-12-19(20)16-28-24(17-9-3-2-4-10-17)23(26(30)27(28)31)25(29)22-15-18-11-5-8-14-21(18)33-22/h2-15,24,30H,16H2,1H3. The molecule has 164 valence electrons. The molecule has 0 saturated heterocycles. The summed E-state index contributed by atoms with van der Waals surface area (Å²) in [5.74, 6) is -1.01. The van der Waals surface area contributed by atoms with Crippen molar-refractivity contribution in [1.29, 1.82) is 0 Å². The first-order valence-corrected chi connectivity index (χ1v) is 10.5. The summed E-state index contributed by atoms with van der Waals surface area (Å²) < 4.78 is 11.2. The summed E-state index contributed by atoms with van der Waals surface area (Å²) in [7, 11) is 1.56. The number of amides is 1. The average molecular weight is 439 g/mol. The molecule has 1 aliphatic rings. The van der Waals surface area contributed by atoms with E-state index in [0.29, 0.717) is 16.9 Å². The van der Waals surface area contributed by atoms with Gasteiger partial charge in [-0.25, -0.2) is 0 Å². The molecule has 1 atom stereocenters. The molecule has 0 spiro atoms. The molecular weight excluding hydrogens is 418 g/mol. The molecule has 1 amide bonds. The minimum atomic E-state index is -0.774. The summed E-state index contributed by atoms with van der Waals surface area (Å²) in [5.41, 5.74) is 2.04. The summed E-state index contributed by atoms with van der Waals surface area (Å²) in [6.07, 6.45) is 0. The molecule has 1 unspecified atom stereocenters. The molecule has 3 aromatic carbocycles. The van der Waals surface area contributed by atoms with Crippen molar-refractivity contribution in [2.45, 2.75) is 12.6 Å². The van der Waals surface area contributed by atoms with E-state index < -0.39 is 23.5 Å². The van der Waals surface area contributed by atoms with Crippen LogP contribution in [0.1, 0.15) is 27.7 Å². The number of fused-ring (bicyclic) bond motifs is 1. The van der Waals surface area contributed by atoms with Crippen molar-refractivity contribution in [3.63, 3.8) is 0 Å². The number of hydrogen-bond donors (Lipinski definition) is 1. The van der Waals surface area contributed by atoms with E-state index in [9.17, 15) is 14.7 Å². The van der Waals surface area contributed by atoms with Crippen LogP contribution in [0, 0.1) is 0 Å². The third-order valence-electron chi connectivity index (χ3n) is 5.85. The molecule has 0 saturated carbocycles. The number of ketones is 1. The number of methoxy groups -OCH3 is 1. The number of nitrogens with zero attached hydrogens (tertiary/aromatic N) is 1. The Morgan fingerprint density at radius 2 is 1.70 bits per heavy atom. The maximum Gasteiger partial charge on any atom is 0.290 e. The molecule has 0 fully saturated rings. The quantitative estimate of drug-likeness (QED) is 0.417. The first-order valence-electron chi connectivity index (χ1n) is 10.5. The lowest BCUT2D eigenvalue weighted by Crippen LogP contribution is -2.30. The lowest BCUT2D eigenvalue weighted by molar-refractivity contribution is -0.130. The summed E-state index contributed by atoms with van der Waals surface area (Å²) >= 11 is 0. The number of Topliss-reactive ketones (excluding diaryl/α,β-unsaturated/α-hetero) is 1. The third kappa shape index (κ3) is 3.55. The Morgan fingerprint density at radius 3 is 2.45 bits per heavy atom. The second-order valence-electron chi connectivity index (χ2n) is 7.80. The van der Waals surface area contributed by atoms with Crippen molar-refractivity contribution in [3.8, 4) is 5.75 Å². The van der Waals surface area contributed by atoms with Crippen molar-refractivity contribution in [2.24, 2.45) is 0 Å². The van der Waals surface area contributed by atoms with Crippen LogP contribution in [0.3, 0.4) is 0 Å². The number of carbonyl (C=O) groups excluding carboxylic acids is 2. The second kappa shape index (κ2) is 8.31. The highest BCUT2D eigenvalue weighted by molar-refractivity contribution is 6.16. The van der Waals surface area contributed by atoms with Crippen LogP contribution in [0.15, 0.2) is 101 Å². The van der Waals surface area contributed by atoms with Gasteiger partial charge in [0.15, 0.2) is 11.5 Å². The highest BCUT2D eigenvalue weighted by atomic mass is 16.5. The van der Waals surface area contributed by atoms with Crippen LogP contribution in [0.4, 0.5) is 0 Å². The molecule has 1 aliphatic heterocycles. The van der Waals surface area contributed by atoms with E-state index >= 15 is 0 Å². The molecule has 0 aliphatic carbocycles. The largest absolute Gasteiger partial charge is 0.503 e. The number of rotatable bonds is 6. The monoisotopic (exact) mass is 439 g/mol. The number of aliphatic hydroxyl groups is 1. The van der Waals surface area contributed by atoms with Crippen molar-refractivity contribution < 1.29 is 23.8 Å². The highest BCUT2D eigenvalue weighted by Crippen LogP contribution is 2.41. The first kappa shape index (κ1) is 20.6. The molecule has 4 aromatic rings. The predicted molar refractivity (Wildman–Crippen MR) is 123 cm³/mol. The first-order chi connectivity index (χ1) is 16.1. The molecule has 33 heavy (non-hydrogen) atoms. The van der Waals surface area contributed by atoms with Gasteiger partial charge in [0.1, 0.15) is 11.3 Å². The maximum absolute atomic E-state index is 13.6. The van der Waals surface area contributed by atoms with Crippen molar-refractivity contribution >= 4 is 22.7 Å². The maximum atomic E-state index is 13.6. The lowest BCUT2D eigenvalue weighted by Gasteiger charge is -2.27. The Morgan fingerprint density at radius 1 is 1.00 bits per heavy atom. The molecule has 0 radical (unpaired) electrons. The highest BCUT2D eigenvalue weighted by Gasteiger charge is 2.44. The summed E-state index contributed by atoms with van der Waals surface area (Å²) in [6, 6.07) is 24.7. The molecule has 0 bridgehead atoms. The number of aliphatic hydroxyl groups excluding tert-OH is 1. The van der Waals surface area contributed by atoms with E-state index in [1.54, 1.807) is 25.3 Å². The fourth-order valence-electron chi connectivity index (χ4n) is 4.27. The van der Waals surface area contributed by atoms with E-state index in [4.69, 9.17) is 9.15 Å². The Hall–Kier alpha value is -4.32. The lowest BCUT2D eigenvalue weighted by atomic mass is 9.95. The molecular formula is C27H21NO5. The zero-order valence-electron chi connectivity index (χ0n) is 17.9. The Balaban J connectivity index is 1.60. The van der Waals surface area contributed by atoms with E-state index in [-0.39, 0.29) is 17.9 Å². The summed E-state index contributed by atoms with van der Waals surface area (Å²) in [6.45, 7) is 0.156.